The number of hydrogen-bond donors (Lipinski definition) is 1. The van der Waals surface area contributed by atoms with E-state index >= 15 is 0 Å². The molecule has 0 aliphatic heterocycles. The maximum absolute atomic E-state index is 12.3. The highest BCUT2D eigenvalue weighted by Crippen LogP contribution is 2.29. The number of benzene rings is 1. The second kappa shape index (κ2) is 4.34. The van der Waals surface area contributed by atoms with Gasteiger partial charge in [-0.25, -0.2) is 0 Å². The van der Waals surface area contributed by atoms with E-state index in [9.17, 15) is 18.0 Å². The van der Waals surface area contributed by atoms with Gasteiger partial charge in [0.2, 0.25) is 5.78 Å². The van der Waals surface area contributed by atoms with E-state index in [1.54, 1.807) is 0 Å². The average molecular weight is 231 g/mol. The minimum atomic E-state index is -4.50. The quantitative estimate of drug-likeness (QED) is 0.368. The third-order valence-electron chi connectivity index (χ3n) is 1.93. The minimum absolute atomic E-state index is 0.162. The molecule has 0 aromatic heterocycles. The van der Waals surface area contributed by atoms with Crippen LogP contribution >= 0.6 is 0 Å². The van der Waals surface area contributed by atoms with Crippen LogP contribution in [-0.4, -0.2) is 16.7 Å². The lowest BCUT2D eigenvalue weighted by Gasteiger charge is -2.07. The molecule has 0 aliphatic carbocycles. The first-order valence-corrected chi connectivity index (χ1v) is 4.27. The Labute approximate surface area is 89.2 Å². The summed E-state index contributed by atoms with van der Waals surface area (Å²) in [6.07, 6.45) is -4.50. The summed E-state index contributed by atoms with van der Waals surface area (Å²) >= 11 is 0. The fourth-order valence-electron chi connectivity index (χ4n) is 1.09. The molecule has 1 N–H and O–H groups in total. The van der Waals surface area contributed by atoms with Crippen molar-refractivity contribution in [3.8, 4) is 0 Å². The second-order valence-electron chi connectivity index (χ2n) is 3.09. The van der Waals surface area contributed by atoms with Crippen LogP contribution in [0.25, 0.3) is 0 Å². The normalized spacial score (nSPS) is 12.6. The topological polar surface area (TPSA) is 49.7 Å². The van der Waals surface area contributed by atoms with Gasteiger partial charge in [-0.15, -0.1) is 0 Å². The highest BCUT2D eigenvalue weighted by Gasteiger charge is 2.31. The summed E-state index contributed by atoms with van der Waals surface area (Å²) < 4.78 is 37.0. The van der Waals surface area contributed by atoms with Gasteiger partial charge in [0.1, 0.15) is 5.71 Å². The molecule has 6 heteroatoms. The SMILES string of the molecule is CC(=NO)C(=O)c1cccc(C(F)(F)F)c1. The van der Waals surface area contributed by atoms with Gasteiger partial charge in [0.25, 0.3) is 0 Å². The predicted molar refractivity (Wildman–Crippen MR) is 50.7 cm³/mol. The Morgan fingerprint density at radius 3 is 2.50 bits per heavy atom. The molecule has 0 saturated heterocycles. The van der Waals surface area contributed by atoms with Gasteiger partial charge in [0.05, 0.1) is 5.56 Å². The first-order chi connectivity index (χ1) is 7.36. The van der Waals surface area contributed by atoms with Crippen molar-refractivity contribution in [1.29, 1.82) is 0 Å². The Hall–Kier alpha value is -1.85. The van der Waals surface area contributed by atoms with E-state index in [1.165, 1.54) is 13.0 Å². The largest absolute Gasteiger partial charge is 0.416 e. The average Bonchev–Trinajstić information content (AvgIpc) is 2.26. The zero-order valence-electron chi connectivity index (χ0n) is 8.25. The van der Waals surface area contributed by atoms with Crippen LogP contribution in [0.4, 0.5) is 13.2 Å². The molecule has 0 heterocycles. The van der Waals surface area contributed by atoms with Gasteiger partial charge < -0.3 is 5.21 Å². The molecule has 0 atom stereocenters. The Balaban J connectivity index is 3.14. The van der Waals surface area contributed by atoms with Gasteiger partial charge >= 0.3 is 6.18 Å². The Morgan fingerprint density at radius 2 is 2.00 bits per heavy atom. The lowest BCUT2D eigenvalue weighted by Crippen LogP contribution is -2.12. The summed E-state index contributed by atoms with van der Waals surface area (Å²) in [4.78, 5) is 11.4. The number of alkyl halides is 3. The molecule has 1 aromatic carbocycles. The molecule has 0 fully saturated rings. The smallest absolute Gasteiger partial charge is 0.411 e. The number of ketones is 1. The van der Waals surface area contributed by atoms with Gasteiger partial charge in [-0.2, -0.15) is 13.2 Å². The monoisotopic (exact) mass is 231 g/mol. The second-order valence-corrected chi connectivity index (χ2v) is 3.09. The van der Waals surface area contributed by atoms with E-state index in [0.717, 1.165) is 18.2 Å². The van der Waals surface area contributed by atoms with Crippen LogP contribution in [-0.2, 0) is 6.18 Å². The molecule has 0 amide bonds. The summed E-state index contributed by atoms with van der Waals surface area (Å²) in [5, 5.41) is 11.0. The zero-order valence-corrected chi connectivity index (χ0v) is 8.25. The molecular weight excluding hydrogens is 223 g/mol. The molecule has 3 nitrogen and oxygen atoms in total. The van der Waals surface area contributed by atoms with Crippen molar-refractivity contribution in [3.05, 3.63) is 35.4 Å². The Kier molecular flexibility index (Phi) is 3.31. The molecule has 0 unspecified atom stereocenters. The first kappa shape index (κ1) is 12.2. The summed E-state index contributed by atoms with van der Waals surface area (Å²) in [6, 6.07) is 3.94. The fourth-order valence-corrected chi connectivity index (χ4v) is 1.09. The molecule has 1 aromatic rings. The molecule has 0 bridgehead atoms. The number of halogens is 3. The van der Waals surface area contributed by atoms with E-state index in [-0.39, 0.29) is 11.3 Å². The van der Waals surface area contributed by atoms with Crippen LogP contribution in [0.1, 0.15) is 22.8 Å². The van der Waals surface area contributed by atoms with Crippen molar-refractivity contribution in [1.82, 2.24) is 0 Å². The van der Waals surface area contributed by atoms with Gasteiger partial charge in [-0.05, 0) is 19.1 Å². The lowest BCUT2D eigenvalue weighted by molar-refractivity contribution is -0.137. The number of carbonyl (C=O) groups is 1. The van der Waals surface area contributed by atoms with Crippen molar-refractivity contribution in [2.75, 3.05) is 0 Å². The summed E-state index contributed by atoms with van der Waals surface area (Å²) in [7, 11) is 0. The lowest BCUT2D eigenvalue weighted by atomic mass is 10.0. The third-order valence-corrected chi connectivity index (χ3v) is 1.93. The summed E-state index contributed by atoms with van der Waals surface area (Å²) in [6.45, 7) is 1.21. The van der Waals surface area contributed by atoms with Crippen molar-refractivity contribution >= 4 is 11.5 Å². The minimum Gasteiger partial charge on any atom is -0.411 e. The van der Waals surface area contributed by atoms with Gasteiger partial charge in [-0.3, -0.25) is 4.79 Å². The van der Waals surface area contributed by atoms with Crippen LogP contribution < -0.4 is 0 Å². The summed E-state index contributed by atoms with van der Waals surface area (Å²) in [5.41, 5.74) is -1.34. The van der Waals surface area contributed by atoms with Crippen LogP contribution in [0.15, 0.2) is 29.4 Å². The number of oxime groups is 1. The van der Waals surface area contributed by atoms with E-state index < -0.39 is 17.5 Å². The molecule has 1 rings (SSSR count). The van der Waals surface area contributed by atoms with Gasteiger partial charge in [0, 0.05) is 5.56 Å². The van der Waals surface area contributed by atoms with Crippen LogP contribution in [0.2, 0.25) is 0 Å². The predicted octanol–water partition coefficient (Wildman–Crippen LogP) is 2.74. The molecule has 0 aliphatic rings. The highest BCUT2D eigenvalue weighted by atomic mass is 19.4. The summed E-state index contributed by atoms with van der Waals surface area (Å²) in [5.74, 6) is -0.742. The van der Waals surface area contributed by atoms with Gasteiger partial charge in [-0.1, -0.05) is 17.3 Å². The fraction of sp³-hybridized carbons (Fsp3) is 0.200. The van der Waals surface area contributed by atoms with Crippen molar-refractivity contribution in [3.63, 3.8) is 0 Å². The van der Waals surface area contributed by atoms with Crippen LogP contribution in [0.5, 0.6) is 0 Å². The van der Waals surface area contributed by atoms with Crippen molar-refractivity contribution in [2.45, 2.75) is 13.1 Å². The number of rotatable bonds is 2. The standard InChI is InChI=1S/C10H8F3NO2/c1-6(14-16)9(15)7-3-2-4-8(5-7)10(11,12)13/h2-5,16H,1H3. The number of nitrogens with zero attached hydrogens (tertiary/aromatic N) is 1. The van der Waals surface area contributed by atoms with Crippen molar-refractivity contribution in [2.24, 2.45) is 5.16 Å². The number of Topliss-reactive ketones (excluding diaryl/α,β-unsaturated/α-hetero) is 1. The van der Waals surface area contributed by atoms with Crippen molar-refractivity contribution < 1.29 is 23.2 Å². The van der Waals surface area contributed by atoms with E-state index in [1.807, 2.05) is 0 Å². The molecule has 16 heavy (non-hydrogen) atoms. The highest BCUT2D eigenvalue weighted by molar-refractivity contribution is 6.45. The third kappa shape index (κ3) is 2.59. The molecular formula is C10H8F3NO2. The molecule has 86 valence electrons. The van der Waals surface area contributed by atoms with E-state index in [0.29, 0.717) is 0 Å². The van der Waals surface area contributed by atoms with Crippen LogP contribution in [0.3, 0.4) is 0 Å². The van der Waals surface area contributed by atoms with Gasteiger partial charge in [0.15, 0.2) is 0 Å². The Bertz CT molecular complexity index is 438. The Morgan fingerprint density at radius 1 is 1.38 bits per heavy atom. The van der Waals surface area contributed by atoms with E-state index in [4.69, 9.17) is 5.21 Å². The first-order valence-electron chi connectivity index (χ1n) is 4.27. The maximum atomic E-state index is 12.3. The molecule has 0 radical (unpaired) electrons. The number of carbonyl (C=O) groups excluding carboxylic acids is 1. The zero-order chi connectivity index (χ0) is 12.3. The molecule has 0 spiro atoms. The van der Waals surface area contributed by atoms with E-state index in [2.05, 4.69) is 5.16 Å². The maximum Gasteiger partial charge on any atom is 0.416 e. The van der Waals surface area contributed by atoms with Crippen LogP contribution in [0, 0.1) is 0 Å². The molecule has 0 saturated carbocycles. The number of hydrogen-bond acceptors (Lipinski definition) is 3.